The molecule has 27 heavy (non-hydrogen) atoms. The maximum atomic E-state index is 10.5. The van der Waals surface area contributed by atoms with Gasteiger partial charge in [0.1, 0.15) is 12.4 Å². The molecule has 2 aromatic carbocycles. The zero-order valence-electron chi connectivity index (χ0n) is 14.8. The number of hydrogen-bond acceptors (Lipinski definition) is 4. The fourth-order valence-electron chi connectivity index (χ4n) is 2.69. The zero-order valence-corrected chi connectivity index (χ0v) is 16.3. The standard InChI is InChI=1S/C20H19BrN2O4/c1-2-23-11-15(10-22-27-13-20(24)25)18-9-17(7-8-19(18)23)26-12-14-3-5-16(21)6-4-14/h3-11H,2,12-13H2,1H3,(H,24,25). The van der Waals surface area contributed by atoms with Crippen molar-refractivity contribution in [3.05, 3.63) is 64.3 Å². The quantitative estimate of drug-likeness (QED) is 0.423. The molecule has 1 aromatic heterocycles. The molecule has 3 aromatic rings. The first-order chi connectivity index (χ1) is 13.1. The number of carboxylic acid groups (broad SMARTS) is 1. The number of benzene rings is 2. The Morgan fingerprint density at radius 3 is 2.74 bits per heavy atom. The Morgan fingerprint density at radius 1 is 1.26 bits per heavy atom. The number of rotatable bonds is 8. The summed E-state index contributed by atoms with van der Waals surface area (Å²) in [7, 11) is 0. The molecular formula is C20H19BrN2O4. The van der Waals surface area contributed by atoms with E-state index in [0.29, 0.717) is 6.61 Å². The molecule has 3 rings (SSSR count). The van der Waals surface area contributed by atoms with Crippen molar-refractivity contribution in [3.63, 3.8) is 0 Å². The predicted octanol–water partition coefficient (Wildman–Crippen LogP) is 4.44. The number of oxime groups is 1. The number of aromatic nitrogens is 1. The van der Waals surface area contributed by atoms with Crippen LogP contribution in [0, 0.1) is 0 Å². The molecule has 1 heterocycles. The Hall–Kier alpha value is -2.80. The number of aryl methyl sites for hydroxylation is 1. The number of nitrogens with zero attached hydrogens (tertiary/aromatic N) is 2. The maximum absolute atomic E-state index is 10.5. The molecule has 0 saturated heterocycles. The van der Waals surface area contributed by atoms with Gasteiger partial charge in [-0.1, -0.05) is 33.2 Å². The van der Waals surface area contributed by atoms with Crippen molar-refractivity contribution in [2.45, 2.75) is 20.1 Å². The van der Waals surface area contributed by atoms with Crippen molar-refractivity contribution in [1.29, 1.82) is 0 Å². The van der Waals surface area contributed by atoms with Crippen molar-refractivity contribution in [2.24, 2.45) is 5.16 Å². The Balaban J connectivity index is 1.80. The predicted molar refractivity (Wildman–Crippen MR) is 107 cm³/mol. The SMILES string of the molecule is CCn1cc(C=NOCC(=O)O)c2cc(OCc3ccc(Br)cc3)ccc21. The Bertz CT molecular complexity index is 964. The molecule has 0 unspecified atom stereocenters. The molecule has 0 spiro atoms. The summed E-state index contributed by atoms with van der Waals surface area (Å²) in [6.07, 6.45) is 3.48. The van der Waals surface area contributed by atoms with Gasteiger partial charge in [0.2, 0.25) is 6.61 Å². The van der Waals surface area contributed by atoms with E-state index in [1.54, 1.807) is 0 Å². The van der Waals surface area contributed by atoms with Gasteiger partial charge in [-0.3, -0.25) is 0 Å². The normalized spacial score (nSPS) is 11.2. The Kier molecular flexibility index (Phi) is 6.13. The summed E-state index contributed by atoms with van der Waals surface area (Å²) in [4.78, 5) is 15.3. The lowest BCUT2D eigenvalue weighted by molar-refractivity contribution is -0.142. The van der Waals surface area contributed by atoms with Gasteiger partial charge in [0, 0.05) is 33.7 Å². The van der Waals surface area contributed by atoms with Crippen LogP contribution in [0.2, 0.25) is 0 Å². The molecule has 0 aliphatic heterocycles. The fourth-order valence-corrected chi connectivity index (χ4v) is 2.96. The summed E-state index contributed by atoms with van der Waals surface area (Å²) >= 11 is 3.42. The second-order valence-corrected chi connectivity index (χ2v) is 6.78. The third kappa shape index (κ3) is 4.89. The van der Waals surface area contributed by atoms with E-state index in [1.807, 2.05) is 48.7 Å². The van der Waals surface area contributed by atoms with E-state index in [0.717, 1.165) is 38.8 Å². The molecule has 0 fully saturated rings. The monoisotopic (exact) mass is 430 g/mol. The van der Waals surface area contributed by atoms with Gasteiger partial charge in [0.25, 0.3) is 0 Å². The van der Waals surface area contributed by atoms with Crippen LogP contribution in [0.5, 0.6) is 5.75 Å². The van der Waals surface area contributed by atoms with Gasteiger partial charge in [-0.2, -0.15) is 0 Å². The summed E-state index contributed by atoms with van der Waals surface area (Å²) in [5, 5.41) is 13.3. The van der Waals surface area contributed by atoms with Gasteiger partial charge in [-0.25, -0.2) is 4.79 Å². The number of ether oxygens (including phenoxy) is 1. The van der Waals surface area contributed by atoms with Crippen molar-refractivity contribution in [2.75, 3.05) is 6.61 Å². The van der Waals surface area contributed by atoms with Gasteiger partial charge < -0.3 is 19.2 Å². The van der Waals surface area contributed by atoms with Crippen molar-refractivity contribution in [3.8, 4) is 5.75 Å². The molecule has 0 aliphatic carbocycles. The molecule has 0 aliphatic rings. The summed E-state index contributed by atoms with van der Waals surface area (Å²) in [5.74, 6) is -0.313. The minimum Gasteiger partial charge on any atom is -0.489 e. The highest BCUT2D eigenvalue weighted by Crippen LogP contribution is 2.26. The van der Waals surface area contributed by atoms with Gasteiger partial charge in [-0.15, -0.1) is 0 Å². The third-order valence-electron chi connectivity index (χ3n) is 4.00. The first kappa shape index (κ1) is 19.0. The number of halogens is 1. The third-order valence-corrected chi connectivity index (χ3v) is 4.53. The summed E-state index contributed by atoms with van der Waals surface area (Å²) in [6.45, 7) is 2.86. The van der Waals surface area contributed by atoms with E-state index in [1.165, 1.54) is 6.21 Å². The summed E-state index contributed by atoms with van der Waals surface area (Å²) in [5.41, 5.74) is 2.97. The number of hydrogen-bond donors (Lipinski definition) is 1. The van der Waals surface area contributed by atoms with Crippen LogP contribution < -0.4 is 4.74 Å². The average molecular weight is 431 g/mol. The highest BCUT2D eigenvalue weighted by atomic mass is 79.9. The second-order valence-electron chi connectivity index (χ2n) is 5.87. The van der Waals surface area contributed by atoms with Crippen LogP contribution in [0.1, 0.15) is 18.1 Å². The second kappa shape index (κ2) is 8.73. The highest BCUT2D eigenvalue weighted by Gasteiger charge is 2.08. The number of carboxylic acids is 1. The Morgan fingerprint density at radius 2 is 2.04 bits per heavy atom. The first-order valence-corrected chi connectivity index (χ1v) is 9.23. The van der Waals surface area contributed by atoms with Crippen LogP contribution in [0.3, 0.4) is 0 Å². The van der Waals surface area contributed by atoms with E-state index in [2.05, 4.69) is 32.6 Å². The summed E-state index contributed by atoms with van der Waals surface area (Å²) < 4.78 is 9.04. The molecule has 0 saturated carbocycles. The van der Waals surface area contributed by atoms with Crippen LogP contribution in [0.25, 0.3) is 10.9 Å². The van der Waals surface area contributed by atoms with Gasteiger partial charge in [0.05, 0.1) is 6.21 Å². The lowest BCUT2D eigenvalue weighted by Gasteiger charge is -2.07. The number of carbonyl (C=O) groups is 1. The lowest BCUT2D eigenvalue weighted by atomic mass is 10.2. The van der Waals surface area contributed by atoms with E-state index < -0.39 is 12.6 Å². The van der Waals surface area contributed by atoms with Crippen LogP contribution in [-0.2, 0) is 22.8 Å². The molecule has 1 N–H and O–H groups in total. The van der Waals surface area contributed by atoms with Crippen LogP contribution >= 0.6 is 15.9 Å². The van der Waals surface area contributed by atoms with Crippen molar-refractivity contribution < 1.29 is 19.5 Å². The smallest absolute Gasteiger partial charge is 0.344 e. The average Bonchev–Trinajstić information content (AvgIpc) is 3.02. The first-order valence-electron chi connectivity index (χ1n) is 8.44. The summed E-state index contributed by atoms with van der Waals surface area (Å²) in [6, 6.07) is 13.9. The molecule has 0 bridgehead atoms. The van der Waals surface area contributed by atoms with Crippen LogP contribution in [-0.4, -0.2) is 28.5 Å². The van der Waals surface area contributed by atoms with Gasteiger partial charge in [-0.05, 0) is 42.8 Å². The minimum atomic E-state index is -1.06. The van der Waals surface area contributed by atoms with Crippen LogP contribution in [0.15, 0.2) is 58.3 Å². The van der Waals surface area contributed by atoms with Crippen molar-refractivity contribution in [1.82, 2.24) is 4.57 Å². The largest absolute Gasteiger partial charge is 0.489 e. The highest BCUT2D eigenvalue weighted by molar-refractivity contribution is 9.10. The number of aliphatic carboxylic acids is 1. The molecule has 7 heteroatoms. The van der Waals surface area contributed by atoms with Crippen molar-refractivity contribution >= 4 is 39.0 Å². The molecule has 0 amide bonds. The number of fused-ring (bicyclic) bond motifs is 1. The molecule has 140 valence electrons. The van der Waals surface area contributed by atoms with Crippen LogP contribution in [0.4, 0.5) is 0 Å². The maximum Gasteiger partial charge on any atom is 0.344 e. The molecular weight excluding hydrogens is 412 g/mol. The van der Waals surface area contributed by atoms with E-state index in [-0.39, 0.29) is 0 Å². The topological polar surface area (TPSA) is 73.1 Å². The fraction of sp³-hybridized carbons (Fsp3) is 0.200. The molecule has 6 nitrogen and oxygen atoms in total. The Labute approximate surface area is 165 Å². The minimum absolute atomic E-state index is 0.468. The van der Waals surface area contributed by atoms with Gasteiger partial charge >= 0.3 is 5.97 Å². The zero-order chi connectivity index (χ0) is 19.2. The lowest BCUT2D eigenvalue weighted by Crippen LogP contribution is -2.03. The molecule has 0 atom stereocenters. The van der Waals surface area contributed by atoms with E-state index >= 15 is 0 Å². The van der Waals surface area contributed by atoms with Gasteiger partial charge in [0.15, 0.2) is 0 Å². The molecule has 0 radical (unpaired) electrons. The van der Waals surface area contributed by atoms with E-state index in [4.69, 9.17) is 14.7 Å². The van der Waals surface area contributed by atoms with E-state index in [9.17, 15) is 4.79 Å².